The highest BCUT2D eigenvalue weighted by Gasteiger charge is 2.52. The first-order valence-electron chi connectivity index (χ1n) is 18.0. The Morgan fingerprint density at radius 1 is 0.957 bits per heavy atom. The maximum Gasteiger partial charge on any atom is 0.334 e. The predicted molar refractivity (Wildman–Crippen MR) is 180 cm³/mol. The van der Waals surface area contributed by atoms with Gasteiger partial charge in [0.05, 0.1) is 12.0 Å². The number of cyclic esters (lactones) is 1. The maximum atomic E-state index is 13.6. The van der Waals surface area contributed by atoms with Gasteiger partial charge in [0.15, 0.2) is 5.60 Å². The molecule has 2 aromatic carbocycles. The number of carbonyl (C=O) groups excluding carboxylic acids is 2. The van der Waals surface area contributed by atoms with E-state index in [0.29, 0.717) is 17.4 Å². The maximum absolute atomic E-state index is 13.6. The quantitative estimate of drug-likeness (QED) is 0.170. The molecule has 47 heavy (non-hydrogen) atoms. The molecule has 5 aliphatic carbocycles. The van der Waals surface area contributed by atoms with E-state index in [9.17, 15) is 14.7 Å². The number of rotatable bonds is 11. The first-order valence-corrected chi connectivity index (χ1v) is 18.0. The van der Waals surface area contributed by atoms with Crippen LogP contribution in [0.2, 0.25) is 0 Å². The number of aryl methyl sites for hydroxylation is 3. The summed E-state index contributed by atoms with van der Waals surface area (Å²) in [5, 5.41) is 11.4. The molecule has 2 heterocycles. The first kappa shape index (κ1) is 30.9. The Kier molecular flexibility index (Phi) is 7.86. The van der Waals surface area contributed by atoms with Gasteiger partial charge < -0.3 is 19.0 Å². The van der Waals surface area contributed by atoms with Crippen molar-refractivity contribution in [3.63, 3.8) is 0 Å². The number of esters is 2. The van der Waals surface area contributed by atoms with Gasteiger partial charge in [-0.05, 0) is 130 Å². The number of furan rings is 1. The van der Waals surface area contributed by atoms with Crippen LogP contribution < -0.4 is 0 Å². The van der Waals surface area contributed by atoms with Crippen LogP contribution in [0.3, 0.4) is 0 Å². The van der Waals surface area contributed by atoms with Crippen molar-refractivity contribution >= 4 is 22.9 Å². The van der Waals surface area contributed by atoms with Crippen LogP contribution in [-0.2, 0) is 38.3 Å². The van der Waals surface area contributed by atoms with Crippen LogP contribution in [0.4, 0.5) is 0 Å². The van der Waals surface area contributed by atoms with Crippen molar-refractivity contribution in [3.8, 4) is 0 Å². The third-order valence-corrected chi connectivity index (χ3v) is 12.5. The lowest BCUT2D eigenvalue weighted by Crippen LogP contribution is -2.45. The average Bonchev–Trinajstić information content (AvgIpc) is 3.59. The van der Waals surface area contributed by atoms with Crippen LogP contribution in [0.5, 0.6) is 0 Å². The second-order valence-corrected chi connectivity index (χ2v) is 16.2. The molecule has 0 spiro atoms. The van der Waals surface area contributed by atoms with Crippen molar-refractivity contribution in [2.45, 2.75) is 102 Å². The van der Waals surface area contributed by atoms with Crippen LogP contribution in [0, 0.1) is 35.5 Å². The molecule has 1 aromatic heterocycles. The Hall–Kier alpha value is -3.38. The summed E-state index contributed by atoms with van der Waals surface area (Å²) in [5.74, 6) is 2.69. The molecular formula is C41H48O6. The lowest BCUT2D eigenvalue weighted by atomic mass is 9.49. The summed E-state index contributed by atoms with van der Waals surface area (Å²) < 4.78 is 17.9. The van der Waals surface area contributed by atoms with Crippen molar-refractivity contribution in [2.24, 2.45) is 28.6 Å². The van der Waals surface area contributed by atoms with Crippen molar-refractivity contribution in [1.82, 2.24) is 0 Å². The SMILES string of the molecule is Cc1ccc(CCc2ccc3oc(CC4(C(=O)OC[C@]5(CO)C/C(=C\CC67CC8CC(CC(C8)C6)C7)C(=O)O5)CCC4)cc3c2)cc1. The zero-order valence-corrected chi connectivity index (χ0v) is 27.7. The van der Waals surface area contributed by atoms with Gasteiger partial charge in [-0.1, -0.05) is 48.4 Å². The van der Waals surface area contributed by atoms with Crippen molar-refractivity contribution in [1.29, 1.82) is 0 Å². The van der Waals surface area contributed by atoms with E-state index in [1.165, 1.54) is 55.2 Å². The van der Waals surface area contributed by atoms with Gasteiger partial charge >= 0.3 is 11.9 Å². The molecule has 6 nitrogen and oxygen atoms in total. The van der Waals surface area contributed by atoms with Gasteiger partial charge in [0, 0.05) is 23.8 Å². The number of ether oxygens (including phenoxy) is 2. The number of aliphatic hydroxyl groups excluding tert-OH is 1. The molecule has 0 radical (unpaired) electrons. The zero-order chi connectivity index (χ0) is 32.2. The Balaban J connectivity index is 0.893. The summed E-state index contributed by atoms with van der Waals surface area (Å²) in [5.41, 5.74) is 3.78. The smallest absolute Gasteiger partial charge is 0.334 e. The fourth-order valence-electron chi connectivity index (χ4n) is 10.1. The molecule has 0 unspecified atom stereocenters. The van der Waals surface area contributed by atoms with E-state index >= 15 is 0 Å². The molecular weight excluding hydrogens is 588 g/mol. The van der Waals surface area contributed by atoms with E-state index in [4.69, 9.17) is 13.9 Å². The highest BCUT2D eigenvalue weighted by molar-refractivity contribution is 5.91. The molecule has 248 valence electrons. The first-order chi connectivity index (χ1) is 22.7. The lowest BCUT2D eigenvalue weighted by molar-refractivity contribution is -0.177. The largest absolute Gasteiger partial charge is 0.461 e. The molecule has 3 aromatic rings. The van der Waals surface area contributed by atoms with Gasteiger partial charge in [0.25, 0.3) is 0 Å². The fraction of sp³-hybridized carbons (Fsp3) is 0.561. The van der Waals surface area contributed by atoms with Crippen LogP contribution in [0.1, 0.15) is 93.1 Å². The Morgan fingerprint density at radius 3 is 2.30 bits per heavy atom. The van der Waals surface area contributed by atoms with Gasteiger partial charge in [-0.25, -0.2) is 4.79 Å². The van der Waals surface area contributed by atoms with Crippen LogP contribution >= 0.6 is 0 Å². The second kappa shape index (κ2) is 11.9. The summed E-state index contributed by atoms with van der Waals surface area (Å²) >= 11 is 0. The van der Waals surface area contributed by atoms with E-state index in [2.05, 4.69) is 55.5 Å². The molecule has 4 bridgehead atoms. The summed E-state index contributed by atoms with van der Waals surface area (Å²) in [6, 6.07) is 17.1. The van der Waals surface area contributed by atoms with Crippen molar-refractivity contribution in [3.05, 3.63) is 82.6 Å². The number of hydrogen-bond donors (Lipinski definition) is 1. The minimum atomic E-state index is -1.21. The number of benzene rings is 2. The van der Waals surface area contributed by atoms with Crippen LogP contribution in [0.15, 0.2) is 64.6 Å². The Labute approximate surface area is 277 Å². The molecule has 1 atom stereocenters. The third-order valence-electron chi connectivity index (χ3n) is 12.5. The zero-order valence-electron chi connectivity index (χ0n) is 27.7. The predicted octanol–water partition coefficient (Wildman–Crippen LogP) is 7.99. The molecule has 6 aliphatic rings. The molecule has 6 fully saturated rings. The van der Waals surface area contributed by atoms with Gasteiger partial charge in [-0.3, -0.25) is 4.79 Å². The molecule has 5 saturated carbocycles. The van der Waals surface area contributed by atoms with Gasteiger partial charge in [-0.2, -0.15) is 0 Å². The Bertz CT molecular complexity index is 1650. The average molecular weight is 637 g/mol. The van der Waals surface area contributed by atoms with Crippen molar-refractivity contribution < 1.29 is 28.6 Å². The summed E-state index contributed by atoms with van der Waals surface area (Å²) in [6.07, 6.45) is 16.1. The van der Waals surface area contributed by atoms with Gasteiger partial charge in [0.2, 0.25) is 0 Å². The lowest BCUT2D eigenvalue weighted by Gasteiger charge is -2.56. The second-order valence-electron chi connectivity index (χ2n) is 16.2. The van der Waals surface area contributed by atoms with E-state index in [0.717, 1.165) is 73.0 Å². The van der Waals surface area contributed by atoms with E-state index < -0.39 is 11.0 Å². The molecule has 9 rings (SSSR count). The summed E-state index contributed by atoms with van der Waals surface area (Å²) in [7, 11) is 0. The van der Waals surface area contributed by atoms with E-state index in [1.54, 1.807) is 0 Å². The minimum absolute atomic E-state index is 0.130. The van der Waals surface area contributed by atoms with Crippen LogP contribution in [-0.4, -0.2) is 35.9 Å². The number of carbonyl (C=O) groups is 2. The number of allylic oxidation sites excluding steroid dienone is 1. The third kappa shape index (κ3) is 6.07. The molecule has 1 saturated heterocycles. The molecule has 0 amide bonds. The minimum Gasteiger partial charge on any atom is -0.461 e. The number of aliphatic hydroxyl groups is 1. The molecule has 1 aliphatic heterocycles. The van der Waals surface area contributed by atoms with Gasteiger partial charge in [0.1, 0.15) is 18.0 Å². The normalized spacial score (nSPS) is 31.3. The highest BCUT2D eigenvalue weighted by Crippen LogP contribution is 2.61. The van der Waals surface area contributed by atoms with E-state index in [-0.39, 0.29) is 31.6 Å². The van der Waals surface area contributed by atoms with Gasteiger partial charge in [-0.15, -0.1) is 0 Å². The molecule has 6 heteroatoms. The van der Waals surface area contributed by atoms with E-state index in [1.807, 2.05) is 6.07 Å². The molecule has 1 N–H and O–H groups in total. The number of hydrogen-bond acceptors (Lipinski definition) is 6. The number of fused-ring (bicyclic) bond motifs is 1. The monoisotopic (exact) mass is 636 g/mol. The topological polar surface area (TPSA) is 86.0 Å². The highest BCUT2D eigenvalue weighted by atomic mass is 16.6. The fourth-order valence-corrected chi connectivity index (χ4v) is 10.1. The summed E-state index contributed by atoms with van der Waals surface area (Å²) in [4.78, 5) is 26.6. The Morgan fingerprint density at radius 2 is 1.64 bits per heavy atom. The summed E-state index contributed by atoms with van der Waals surface area (Å²) in [6.45, 7) is 1.61. The van der Waals surface area contributed by atoms with Crippen molar-refractivity contribution in [2.75, 3.05) is 13.2 Å². The van der Waals surface area contributed by atoms with Crippen LogP contribution in [0.25, 0.3) is 11.0 Å². The standard InChI is InChI=1S/C41H48O6/c1-27-3-5-28(6-4-27)7-8-29-9-10-36-34(18-29)19-35(46-36)24-40(12-2-13-40)38(44)45-26-41(25-42)23-33(37(43)47-41)11-14-39-20-30-15-31(21-39)17-32(16-30)22-39/h3-6,9-11,18-19,30-32,42H,2,7-8,12-17,20-26H2,1H3/b33-11+/t30?,31?,32?,39?,41-/m1/s1.